The lowest BCUT2D eigenvalue weighted by Crippen LogP contribution is -2.02. The monoisotopic (exact) mass is 247 g/mol. The number of nitrogens with zero attached hydrogens (tertiary/aromatic N) is 1. The number of hydrogen-bond acceptors (Lipinski definition) is 3. The van der Waals surface area contributed by atoms with Crippen molar-refractivity contribution >= 4 is 17.6 Å². The Morgan fingerprint density at radius 1 is 1.17 bits per heavy atom. The van der Waals surface area contributed by atoms with Gasteiger partial charge in [0.05, 0.1) is 5.69 Å². The molecule has 0 amide bonds. The molecule has 1 heterocycles. The lowest BCUT2D eigenvalue weighted by molar-refractivity contribution is -0.121. The van der Waals surface area contributed by atoms with E-state index in [0.717, 1.165) is 5.69 Å². The molecule has 0 atom stereocenters. The summed E-state index contributed by atoms with van der Waals surface area (Å²) in [5, 5.41) is 0. The molecule has 1 aromatic rings. The molecule has 98 valence electrons. The molecule has 0 fully saturated rings. The largest absolute Gasteiger partial charge is 0.300 e. The summed E-state index contributed by atoms with van der Waals surface area (Å²) < 4.78 is 0. The third-order valence-electron chi connectivity index (χ3n) is 2.20. The molecule has 0 aromatic carbocycles. The lowest BCUT2D eigenvalue weighted by Gasteiger charge is -1.99. The standard InChI is InChI=1S/C13H15NO2.C2H6/c1-10(13(16)7-6-11(2)15)9-12-5-3-4-8-14-12;1-2/h3-5,8-9H,6-7H2,1-2H3;1-2H3/b10-9+;. The van der Waals surface area contributed by atoms with Crippen LogP contribution >= 0.6 is 0 Å². The van der Waals surface area contributed by atoms with Crippen LogP contribution < -0.4 is 0 Å². The van der Waals surface area contributed by atoms with Crippen LogP contribution in [0.3, 0.4) is 0 Å². The van der Waals surface area contributed by atoms with Crippen molar-refractivity contribution < 1.29 is 9.59 Å². The van der Waals surface area contributed by atoms with E-state index in [4.69, 9.17) is 0 Å². The van der Waals surface area contributed by atoms with Gasteiger partial charge in [-0.05, 0) is 37.6 Å². The number of carbonyl (C=O) groups excluding carboxylic acids is 2. The number of Topliss-reactive ketones (excluding diaryl/α,β-unsaturated/α-hetero) is 2. The summed E-state index contributed by atoms with van der Waals surface area (Å²) in [5.41, 5.74) is 1.40. The zero-order valence-electron chi connectivity index (χ0n) is 11.6. The van der Waals surface area contributed by atoms with Crippen LogP contribution in [0.2, 0.25) is 0 Å². The van der Waals surface area contributed by atoms with Gasteiger partial charge in [-0.1, -0.05) is 19.9 Å². The Kier molecular flexibility index (Phi) is 8.37. The summed E-state index contributed by atoms with van der Waals surface area (Å²) in [4.78, 5) is 26.4. The summed E-state index contributed by atoms with van der Waals surface area (Å²) in [5.74, 6) is 0.0415. The van der Waals surface area contributed by atoms with Crippen LogP contribution in [0.5, 0.6) is 0 Å². The van der Waals surface area contributed by atoms with Gasteiger partial charge in [0.1, 0.15) is 5.78 Å². The molecule has 0 unspecified atom stereocenters. The van der Waals surface area contributed by atoms with Gasteiger partial charge >= 0.3 is 0 Å². The van der Waals surface area contributed by atoms with Gasteiger partial charge < -0.3 is 4.79 Å². The number of rotatable bonds is 5. The van der Waals surface area contributed by atoms with Crippen LogP contribution in [0.1, 0.15) is 46.2 Å². The van der Waals surface area contributed by atoms with Crippen LogP contribution in [0, 0.1) is 0 Å². The second kappa shape index (κ2) is 9.28. The van der Waals surface area contributed by atoms with E-state index in [1.165, 1.54) is 6.92 Å². The van der Waals surface area contributed by atoms with Crippen molar-refractivity contribution in [3.05, 3.63) is 35.7 Å². The molecule has 1 rings (SSSR count). The fraction of sp³-hybridized carbons (Fsp3) is 0.400. The Hall–Kier alpha value is -1.77. The minimum Gasteiger partial charge on any atom is -0.300 e. The first-order valence-corrected chi connectivity index (χ1v) is 6.21. The molecule has 0 aliphatic carbocycles. The van der Waals surface area contributed by atoms with Gasteiger partial charge in [0.15, 0.2) is 5.78 Å². The SMILES string of the molecule is CC.CC(=O)CCC(=O)/C(C)=C/c1ccccn1. The quantitative estimate of drug-likeness (QED) is 0.749. The fourth-order valence-corrected chi connectivity index (χ4v) is 1.25. The summed E-state index contributed by atoms with van der Waals surface area (Å²) in [7, 11) is 0. The summed E-state index contributed by atoms with van der Waals surface area (Å²) >= 11 is 0. The van der Waals surface area contributed by atoms with Gasteiger partial charge in [-0.2, -0.15) is 0 Å². The fourth-order valence-electron chi connectivity index (χ4n) is 1.25. The first-order valence-electron chi connectivity index (χ1n) is 6.21. The van der Waals surface area contributed by atoms with E-state index in [-0.39, 0.29) is 18.0 Å². The molecule has 0 radical (unpaired) electrons. The van der Waals surface area contributed by atoms with Crippen molar-refractivity contribution in [2.75, 3.05) is 0 Å². The predicted molar refractivity (Wildman–Crippen MR) is 74.2 cm³/mol. The third kappa shape index (κ3) is 6.74. The molecule has 0 aliphatic rings. The van der Waals surface area contributed by atoms with Gasteiger partial charge in [0.2, 0.25) is 0 Å². The molecule has 3 heteroatoms. The van der Waals surface area contributed by atoms with Crippen molar-refractivity contribution in [3.8, 4) is 0 Å². The van der Waals surface area contributed by atoms with Crippen molar-refractivity contribution in [2.24, 2.45) is 0 Å². The number of hydrogen-bond donors (Lipinski definition) is 0. The van der Waals surface area contributed by atoms with Crippen molar-refractivity contribution in [3.63, 3.8) is 0 Å². The first kappa shape index (κ1) is 16.2. The van der Waals surface area contributed by atoms with Gasteiger partial charge in [0, 0.05) is 19.0 Å². The number of ketones is 2. The average molecular weight is 247 g/mol. The van der Waals surface area contributed by atoms with E-state index in [0.29, 0.717) is 12.0 Å². The average Bonchev–Trinajstić information content (AvgIpc) is 2.39. The van der Waals surface area contributed by atoms with E-state index in [9.17, 15) is 9.59 Å². The normalized spacial score (nSPS) is 10.3. The van der Waals surface area contributed by atoms with E-state index in [2.05, 4.69) is 4.98 Å². The highest BCUT2D eigenvalue weighted by Gasteiger charge is 2.06. The van der Waals surface area contributed by atoms with Crippen LogP contribution in [-0.2, 0) is 9.59 Å². The molecular weight excluding hydrogens is 226 g/mol. The molecule has 0 aliphatic heterocycles. The smallest absolute Gasteiger partial charge is 0.159 e. The highest BCUT2D eigenvalue weighted by atomic mass is 16.1. The number of pyridine rings is 1. The summed E-state index contributed by atoms with van der Waals surface area (Å²) in [6, 6.07) is 5.53. The Morgan fingerprint density at radius 3 is 2.33 bits per heavy atom. The van der Waals surface area contributed by atoms with Crippen LogP contribution in [0.4, 0.5) is 0 Å². The van der Waals surface area contributed by atoms with Gasteiger partial charge in [0.25, 0.3) is 0 Å². The molecule has 0 spiro atoms. The second-order valence-electron chi connectivity index (χ2n) is 3.71. The van der Waals surface area contributed by atoms with Crippen LogP contribution in [0.15, 0.2) is 30.0 Å². The maximum atomic E-state index is 11.6. The Morgan fingerprint density at radius 2 is 1.83 bits per heavy atom. The molecule has 0 saturated carbocycles. The number of allylic oxidation sites excluding steroid dienone is 1. The van der Waals surface area contributed by atoms with Gasteiger partial charge in [-0.15, -0.1) is 0 Å². The molecular formula is C15H21NO2. The Balaban J connectivity index is 0.00000137. The summed E-state index contributed by atoms with van der Waals surface area (Å²) in [6.45, 7) is 7.24. The molecule has 0 saturated heterocycles. The van der Waals surface area contributed by atoms with Gasteiger partial charge in [-0.3, -0.25) is 9.78 Å². The van der Waals surface area contributed by atoms with Crippen molar-refractivity contribution in [2.45, 2.75) is 40.5 Å². The van der Waals surface area contributed by atoms with E-state index >= 15 is 0 Å². The second-order valence-corrected chi connectivity index (χ2v) is 3.71. The van der Waals surface area contributed by atoms with E-state index in [1.807, 2.05) is 32.0 Å². The third-order valence-corrected chi connectivity index (χ3v) is 2.20. The van der Waals surface area contributed by atoms with Crippen molar-refractivity contribution in [1.82, 2.24) is 4.98 Å². The molecule has 0 N–H and O–H groups in total. The minimum atomic E-state index is 0.000790. The molecule has 1 aromatic heterocycles. The maximum absolute atomic E-state index is 11.6. The zero-order chi connectivity index (χ0) is 14.0. The maximum Gasteiger partial charge on any atom is 0.159 e. The minimum absolute atomic E-state index is 0.000790. The highest BCUT2D eigenvalue weighted by molar-refractivity contribution is 6.00. The van der Waals surface area contributed by atoms with E-state index < -0.39 is 0 Å². The Bertz CT molecular complexity index is 408. The lowest BCUT2D eigenvalue weighted by atomic mass is 10.1. The molecule has 3 nitrogen and oxygen atoms in total. The van der Waals surface area contributed by atoms with Crippen molar-refractivity contribution in [1.29, 1.82) is 0 Å². The zero-order valence-corrected chi connectivity index (χ0v) is 11.6. The van der Waals surface area contributed by atoms with Crippen LogP contribution in [0.25, 0.3) is 6.08 Å². The number of aromatic nitrogens is 1. The highest BCUT2D eigenvalue weighted by Crippen LogP contribution is 2.07. The van der Waals surface area contributed by atoms with E-state index in [1.54, 1.807) is 19.2 Å². The Labute approximate surface area is 109 Å². The first-order chi connectivity index (χ1) is 8.59. The molecule has 18 heavy (non-hydrogen) atoms. The topological polar surface area (TPSA) is 47.0 Å². The predicted octanol–water partition coefficient (Wildman–Crippen LogP) is 3.45. The molecule has 0 bridgehead atoms. The number of carbonyl (C=O) groups is 2. The summed E-state index contributed by atoms with van der Waals surface area (Å²) in [6.07, 6.45) is 4.01. The van der Waals surface area contributed by atoms with Crippen LogP contribution in [-0.4, -0.2) is 16.6 Å². The van der Waals surface area contributed by atoms with Gasteiger partial charge in [-0.25, -0.2) is 0 Å².